The first kappa shape index (κ1) is 16.0. The molecule has 2 aliphatic heterocycles. The number of carboxylic acid groups (broad SMARTS) is 1. The first-order valence-electron chi connectivity index (χ1n) is 8.30. The van der Waals surface area contributed by atoms with Crippen molar-refractivity contribution >= 4 is 11.9 Å². The summed E-state index contributed by atoms with van der Waals surface area (Å²) in [4.78, 5) is 27.1. The van der Waals surface area contributed by atoms with Gasteiger partial charge in [0.1, 0.15) is 0 Å². The van der Waals surface area contributed by atoms with Gasteiger partial charge in [-0.25, -0.2) is 4.79 Å². The summed E-state index contributed by atoms with van der Waals surface area (Å²) in [7, 11) is 2.11. The Hall–Kier alpha value is -1.88. The van der Waals surface area contributed by atoms with Gasteiger partial charge in [-0.15, -0.1) is 0 Å². The lowest BCUT2D eigenvalue weighted by atomic mass is 9.87. The van der Waals surface area contributed by atoms with Gasteiger partial charge < -0.3 is 14.9 Å². The van der Waals surface area contributed by atoms with Crippen LogP contribution in [0.15, 0.2) is 18.2 Å². The monoisotopic (exact) mass is 316 g/mol. The topological polar surface area (TPSA) is 60.9 Å². The van der Waals surface area contributed by atoms with Crippen LogP contribution < -0.4 is 0 Å². The lowest BCUT2D eigenvalue weighted by Crippen LogP contribution is -2.44. The Morgan fingerprint density at radius 2 is 2.00 bits per heavy atom. The molecular weight excluding hydrogens is 292 g/mol. The van der Waals surface area contributed by atoms with Crippen molar-refractivity contribution in [2.45, 2.75) is 38.8 Å². The van der Waals surface area contributed by atoms with Gasteiger partial charge in [0.15, 0.2) is 0 Å². The van der Waals surface area contributed by atoms with E-state index in [2.05, 4.69) is 37.1 Å². The Balaban J connectivity index is 1.90. The van der Waals surface area contributed by atoms with Gasteiger partial charge in [-0.1, -0.05) is 25.1 Å². The van der Waals surface area contributed by atoms with E-state index in [0.717, 1.165) is 37.9 Å². The number of benzene rings is 1. The number of likely N-dealkylation sites (N-methyl/N-ethyl adjacent to an activating group) is 1. The van der Waals surface area contributed by atoms with E-state index in [1.165, 1.54) is 11.1 Å². The van der Waals surface area contributed by atoms with Crippen molar-refractivity contribution in [1.29, 1.82) is 0 Å². The number of carbonyl (C=O) groups excluding carboxylic acids is 1. The van der Waals surface area contributed by atoms with Gasteiger partial charge in [-0.2, -0.15) is 0 Å². The molecule has 0 spiro atoms. The molecule has 1 aromatic carbocycles. The van der Waals surface area contributed by atoms with Gasteiger partial charge in [0.2, 0.25) is 0 Å². The molecule has 1 amide bonds. The molecule has 23 heavy (non-hydrogen) atoms. The van der Waals surface area contributed by atoms with Gasteiger partial charge in [-0.3, -0.25) is 4.79 Å². The molecule has 5 nitrogen and oxygen atoms in total. The van der Waals surface area contributed by atoms with Gasteiger partial charge in [-0.05, 0) is 48.9 Å². The molecule has 1 N–H and O–H groups in total. The summed E-state index contributed by atoms with van der Waals surface area (Å²) in [5.41, 5.74) is 3.74. The number of hydrogen-bond donors (Lipinski definition) is 1. The van der Waals surface area contributed by atoms with Crippen LogP contribution in [-0.2, 0) is 22.6 Å². The summed E-state index contributed by atoms with van der Waals surface area (Å²) in [6.07, 6.45) is 2.89. The zero-order valence-corrected chi connectivity index (χ0v) is 13.8. The molecule has 0 aromatic heterocycles. The second kappa shape index (κ2) is 6.32. The number of rotatable bonds is 1. The van der Waals surface area contributed by atoms with Crippen molar-refractivity contribution in [3.8, 4) is 0 Å². The van der Waals surface area contributed by atoms with Crippen LogP contribution in [-0.4, -0.2) is 46.9 Å². The molecule has 0 bridgehead atoms. The normalized spacial score (nSPS) is 25.0. The van der Waals surface area contributed by atoms with Crippen LogP contribution in [0.5, 0.6) is 0 Å². The third-order valence-corrected chi connectivity index (χ3v) is 5.08. The maximum absolute atomic E-state index is 12.1. The first-order chi connectivity index (χ1) is 11.0. The standard InChI is InChI=1S/C18H24N2O3/c1-12-3-6-16(20(10-12)17(21)18(22)23)14-5-4-13-7-8-19(2)11-15(13)9-14/h4-5,9,12,16H,3,6-8,10-11H2,1-2H3,(H,22,23)/t12-,16+/m0/s1. The number of hydrogen-bond acceptors (Lipinski definition) is 3. The number of likely N-dealkylation sites (tertiary alicyclic amines) is 1. The molecule has 1 saturated heterocycles. The Kier molecular flexibility index (Phi) is 4.39. The average Bonchev–Trinajstić information content (AvgIpc) is 2.53. The Labute approximate surface area is 136 Å². The molecule has 0 radical (unpaired) electrons. The zero-order chi connectivity index (χ0) is 16.6. The first-order valence-corrected chi connectivity index (χ1v) is 8.30. The van der Waals surface area contributed by atoms with E-state index in [0.29, 0.717) is 12.5 Å². The van der Waals surface area contributed by atoms with Gasteiger partial charge in [0.25, 0.3) is 0 Å². The minimum atomic E-state index is -1.36. The largest absolute Gasteiger partial charge is 0.474 e. The molecule has 2 atom stereocenters. The Morgan fingerprint density at radius 1 is 1.22 bits per heavy atom. The van der Waals surface area contributed by atoms with E-state index in [1.54, 1.807) is 4.90 Å². The van der Waals surface area contributed by atoms with Crippen LogP contribution >= 0.6 is 0 Å². The average molecular weight is 316 g/mol. The third-order valence-electron chi connectivity index (χ3n) is 5.08. The molecule has 0 saturated carbocycles. The quantitative estimate of drug-likeness (QED) is 0.806. The van der Waals surface area contributed by atoms with Gasteiger partial charge in [0, 0.05) is 19.6 Å². The summed E-state index contributed by atoms with van der Waals surface area (Å²) in [6, 6.07) is 6.28. The second-order valence-corrected chi connectivity index (χ2v) is 6.98. The number of nitrogens with zero attached hydrogens (tertiary/aromatic N) is 2. The van der Waals surface area contributed by atoms with Gasteiger partial charge >= 0.3 is 11.9 Å². The molecule has 1 fully saturated rings. The number of carbonyl (C=O) groups is 2. The van der Waals surface area contributed by atoms with E-state index in [1.807, 2.05) is 0 Å². The fraction of sp³-hybridized carbons (Fsp3) is 0.556. The molecule has 1 aromatic rings. The van der Waals surface area contributed by atoms with Crippen molar-refractivity contribution in [1.82, 2.24) is 9.80 Å². The minimum Gasteiger partial charge on any atom is -0.474 e. The fourth-order valence-electron chi connectivity index (χ4n) is 3.77. The lowest BCUT2D eigenvalue weighted by molar-refractivity contribution is -0.158. The highest BCUT2D eigenvalue weighted by molar-refractivity contribution is 6.31. The van der Waals surface area contributed by atoms with Crippen LogP contribution in [0.2, 0.25) is 0 Å². The summed E-state index contributed by atoms with van der Waals surface area (Å²) < 4.78 is 0. The van der Waals surface area contributed by atoms with Crippen LogP contribution in [0.1, 0.15) is 42.5 Å². The van der Waals surface area contributed by atoms with E-state index >= 15 is 0 Å². The molecule has 2 aliphatic rings. The predicted octanol–water partition coefficient (Wildman–Crippen LogP) is 2.06. The predicted molar refractivity (Wildman–Crippen MR) is 87.0 cm³/mol. The Bertz CT molecular complexity index is 629. The van der Waals surface area contributed by atoms with E-state index in [-0.39, 0.29) is 6.04 Å². The van der Waals surface area contributed by atoms with Crippen molar-refractivity contribution in [3.05, 3.63) is 34.9 Å². The van der Waals surface area contributed by atoms with Crippen molar-refractivity contribution in [3.63, 3.8) is 0 Å². The highest BCUT2D eigenvalue weighted by Crippen LogP contribution is 2.35. The summed E-state index contributed by atoms with van der Waals surface area (Å²) in [5, 5.41) is 9.11. The molecule has 0 aliphatic carbocycles. The van der Waals surface area contributed by atoms with E-state index in [9.17, 15) is 9.59 Å². The molecule has 3 rings (SSSR count). The van der Waals surface area contributed by atoms with Crippen LogP contribution in [0.3, 0.4) is 0 Å². The van der Waals surface area contributed by atoms with E-state index in [4.69, 9.17) is 5.11 Å². The van der Waals surface area contributed by atoms with Crippen molar-refractivity contribution < 1.29 is 14.7 Å². The molecule has 124 valence electrons. The SMILES string of the molecule is C[C@H]1CC[C@H](c2ccc3c(c2)CN(C)CC3)N(C(=O)C(=O)O)C1. The number of carboxylic acids is 1. The van der Waals surface area contributed by atoms with Crippen LogP contribution in [0.25, 0.3) is 0 Å². The molecular formula is C18H24N2O3. The minimum absolute atomic E-state index is 0.118. The number of amides is 1. The van der Waals surface area contributed by atoms with E-state index < -0.39 is 11.9 Å². The highest BCUT2D eigenvalue weighted by atomic mass is 16.4. The van der Waals surface area contributed by atoms with Crippen molar-refractivity contribution in [2.24, 2.45) is 5.92 Å². The van der Waals surface area contributed by atoms with Gasteiger partial charge in [0.05, 0.1) is 6.04 Å². The maximum Gasteiger partial charge on any atom is 0.394 e. The summed E-state index contributed by atoms with van der Waals surface area (Å²) >= 11 is 0. The second-order valence-electron chi connectivity index (χ2n) is 6.98. The lowest BCUT2D eigenvalue weighted by Gasteiger charge is -2.38. The fourth-order valence-corrected chi connectivity index (χ4v) is 3.77. The number of piperidine rings is 1. The smallest absolute Gasteiger partial charge is 0.394 e. The molecule has 2 heterocycles. The maximum atomic E-state index is 12.1. The number of fused-ring (bicyclic) bond motifs is 1. The summed E-state index contributed by atoms with van der Waals surface area (Å²) in [5.74, 6) is -1.79. The van der Waals surface area contributed by atoms with Crippen LogP contribution in [0, 0.1) is 5.92 Å². The Morgan fingerprint density at radius 3 is 2.74 bits per heavy atom. The highest BCUT2D eigenvalue weighted by Gasteiger charge is 2.34. The summed E-state index contributed by atoms with van der Waals surface area (Å²) in [6.45, 7) is 4.57. The zero-order valence-electron chi connectivity index (χ0n) is 13.8. The number of aliphatic carboxylic acids is 1. The van der Waals surface area contributed by atoms with Crippen LogP contribution in [0.4, 0.5) is 0 Å². The van der Waals surface area contributed by atoms with Crippen molar-refractivity contribution in [2.75, 3.05) is 20.1 Å². The third kappa shape index (κ3) is 3.24. The molecule has 5 heteroatoms. The molecule has 0 unspecified atom stereocenters.